The molecule has 2 heterocycles. The number of ether oxygens (including phenoxy) is 1. The van der Waals surface area contributed by atoms with Gasteiger partial charge in [0.25, 0.3) is 5.91 Å². The third-order valence-electron chi connectivity index (χ3n) is 6.19. The van der Waals surface area contributed by atoms with Crippen LogP contribution in [0.2, 0.25) is 0 Å². The average Bonchev–Trinajstić information content (AvgIpc) is 2.77. The highest BCUT2D eigenvalue weighted by atomic mass is 16.6. The van der Waals surface area contributed by atoms with E-state index < -0.39 is 0 Å². The van der Waals surface area contributed by atoms with E-state index in [1.165, 1.54) is 0 Å². The molecule has 160 valence electrons. The summed E-state index contributed by atoms with van der Waals surface area (Å²) in [5.74, 6) is 0.246. The molecule has 4 rings (SSSR count). The molecule has 30 heavy (non-hydrogen) atoms. The van der Waals surface area contributed by atoms with Gasteiger partial charge in [-0.15, -0.1) is 0 Å². The molecule has 1 aliphatic carbocycles. The summed E-state index contributed by atoms with van der Waals surface area (Å²) in [6.45, 7) is 6.37. The number of carbonyl (C=O) groups is 2. The summed E-state index contributed by atoms with van der Waals surface area (Å²) in [5.41, 5.74) is 3.28. The number of nitrogens with one attached hydrogen (secondary N) is 1. The number of fused-ring (bicyclic) bond motifs is 2. The number of H-pyrrole nitrogens is 1. The third kappa shape index (κ3) is 3.80. The van der Waals surface area contributed by atoms with Crippen molar-refractivity contribution in [1.29, 1.82) is 0 Å². The van der Waals surface area contributed by atoms with Crippen LogP contribution in [0.25, 0.3) is 10.9 Å². The Balaban J connectivity index is 1.52. The topological polar surface area (TPSA) is 82.7 Å². The summed E-state index contributed by atoms with van der Waals surface area (Å²) in [7, 11) is 0. The van der Waals surface area contributed by atoms with E-state index in [0.717, 1.165) is 42.5 Å². The van der Waals surface area contributed by atoms with Crippen molar-refractivity contribution in [2.24, 2.45) is 0 Å². The fourth-order valence-corrected chi connectivity index (χ4v) is 4.44. The summed E-state index contributed by atoms with van der Waals surface area (Å²) in [5, 5.41) is 0.642. The van der Waals surface area contributed by atoms with E-state index in [1.807, 2.05) is 6.92 Å². The molecule has 1 aromatic heterocycles. The highest BCUT2D eigenvalue weighted by Gasteiger charge is 2.26. The first-order valence-corrected chi connectivity index (χ1v) is 10.9. The summed E-state index contributed by atoms with van der Waals surface area (Å²) < 4.78 is 5.17. The molecule has 2 amide bonds. The molecule has 1 aromatic carbocycles. The van der Waals surface area contributed by atoms with E-state index in [0.29, 0.717) is 49.7 Å². The molecule has 1 atom stereocenters. The minimum Gasteiger partial charge on any atom is -0.449 e. The highest BCUT2D eigenvalue weighted by Crippen LogP contribution is 2.29. The van der Waals surface area contributed by atoms with Crippen LogP contribution in [0.4, 0.5) is 4.79 Å². The first kappa shape index (κ1) is 20.4. The van der Waals surface area contributed by atoms with E-state index in [9.17, 15) is 14.4 Å². The van der Waals surface area contributed by atoms with Crippen molar-refractivity contribution < 1.29 is 14.3 Å². The Morgan fingerprint density at radius 1 is 1.17 bits per heavy atom. The van der Waals surface area contributed by atoms with Gasteiger partial charge in [0.05, 0.1) is 12.1 Å². The van der Waals surface area contributed by atoms with Crippen LogP contribution < -0.4 is 5.43 Å². The normalized spacial score (nSPS) is 18.9. The van der Waals surface area contributed by atoms with Gasteiger partial charge in [0.1, 0.15) is 0 Å². The lowest BCUT2D eigenvalue weighted by atomic mass is 9.87. The molecular weight excluding hydrogens is 382 g/mol. The van der Waals surface area contributed by atoms with Crippen LogP contribution in [0, 0.1) is 0 Å². The number of hydrogen-bond acceptors (Lipinski definition) is 4. The van der Waals surface area contributed by atoms with Gasteiger partial charge < -0.3 is 19.5 Å². The van der Waals surface area contributed by atoms with Crippen LogP contribution in [0.3, 0.4) is 0 Å². The Morgan fingerprint density at radius 2 is 1.90 bits per heavy atom. The maximum atomic E-state index is 13.0. The number of piperazine rings is 1. The molecule has 7 nitrogen and oxygen atoms in total. The smallest absolute Gasteiger partial charge is 0.409 e. The van der Waals surface area contributed by atoms with Crippen LogP contribution in [-0.4, -0.2) is 59.6 Å². The molecule has 0 spiro atoms. The van der Waals surface area contributed by atoms with Gasteiger partial charge in [0.2, 0.25) is 0 Å². The predicted molar refractivity (Wildman–Crippen MR) is 115 cm³/mol. The van der Waals surface area contributed by atoms with Crippen molar-refractivity contribution >= 4 is 22.9 Å². The second-order valence-corrected chi connectivity index (χ2v) is 8.29. The lowest BCUT2D eigenvalue weighted by Crippen LogP contribution is -2.50. The SMILES string of the molecule is CCCOC(=O)N1CCN(C(=O)c2ccc3c(=O)c4c([nH]c3c2)C(C)CCC4)CC1. The van der Waals surface area contributed by atoms with Crippen molar-refractivity contribution in [3.63, 3.8) is 0 Å². The first-order valence-electron chi connectivity index (χ1n) is 10.9. The zero-order valence-electron chi connectivity index (χ0n) is 17.7. The summed E-state index contributed by atoms with van der Waals surface area (Å²) >= 11 is 0. The van der Waals surface area contributed by atoms with Crippen molar-refractivity contribution in [3.05, 3.63) is 45.2 Å². The van der Waals surface area contributed by atoms with Gasteiger partial charge in [-0.25, -0.2) is 4.79 Å². The van der Waals surface area contributed by atoms with Crippen LogP contribution in [-0.2, 0) is 11.2 Å². The fourth-order valence-electron chi connectivity index (χ4n) is 4.44. The maximum Gasteiger partial charge on any atom is 0.409 e. The van der Waals surface area contributed by atoms with Crippen LogP contribution in [0.5, 0.6) is 0 Å². The molecule has 0 saturated carbocycles. The molecule has 1 unspecified atom stereocenters. The minimum absolute atomic E-state index is 0.0786. The summed E-state index contributed by atoms with van der Waals surface area (Å²) in [6.07, 6.45) is 3.40. The van der Waals surface area contributed by atoms with Crippen LogP contribution in [0.15, 0.2) is 23.0 Å². The molecule has 0 bridgehead atoms. The number of nitrogens with zero attached hydrogens (tertiary/aromatic N) is 2. The number of rotatable bonds is 3. The Hall–Kier alpha value is -2.83. The number of pyridine rings is 1. The van der Waals surface area contributed by atoms with Crippen LogP contribution in [0.1, 0.15) is 60.6 Å². The number of benzene rings is 1. The van der Waals surface area contributed by atoms with Gasteiger partial charge in [-0.2, -0.15) is 0 Å². The Labute approximate surface area is 176 Å². The van der Waals surface area contributed by atoms with E-state index in [4.69, 9.17) is 4.74 Å². The zero-order valence-corrected chi connectivity index (χ0v) is 17.7. The van der Waals surface area contributed by atoms with Gasteiger partial charge in [0, 0.05) is 48.4 Å². The fraction of sp³-hybridized carbons (Fsp3) is 0.522. The number of amides is 2. The predicted octanol–water partition coefficient (Wildman–Crippen LogP) is 3.27. The molecule has 2 aromatic rings. The van der Waals surface area contributed by atoms with Gasteiger partial charge in [-0.1, -0.05) is 13.8 Å². The quantitative estimate of drug-likeness (QED) is 0.840. The molecule has 1 N–H and O–H groups in total. The molecule has 0 radical (unpaired) electrons. The minimum atomic E-state index is -0.314. The highest BCUT2D eigenvalue weighted by molar-refractivity contribution is 5.98. The molecular formula is C23H29N3O4. The van der Waals surface area contributed by atoms with Crippen molar-refractivity contribution in [2.75, 3.05) is 32.8 Å². The maximum absolute atomic E-state index is 13.0. The van der Waals surface area contributed by atoms with E-state index in [2.05, 4.69) is 11.9 Å². The van der Waals surface area contributed by atoms with Gasteiger partial charge >= 0.3 is 6.09 Å². The zero-order chi connectivity index (χ0) is 21.3. The van der Waals surface area contributed by atoms with Crippen molar-refractivity contribution in [2.45, 2.75) is 45.4 Å². The lowest BCUT2D eigenvalue weighted by molar-refractivity contribution is 0.0560. The number of carbonyl (C=O) groups excluding carboxylic acids is 2. The van der Waals surface area contributed by atoms with Crippen molar-refractivity contribution in [1.82, 2.24) is 14.8 Å². The first-order chi connectivity index (χ1) is 14.5. The lowest BCUT2D eigenvalue weighted by Gasteiger charge is -2.34. The standard InChI is InChI=1S/C23H29N3O4/c1-3-13-30-23(29)26-11-9-25(10-12-26)22(28)16-7-8-17-19(14-16)24-20-15(2)5-4-6-18(20)21(17)27/h7-8,14-15H,3-6,9-13H2,1-2H3,(H,24,27). The average molecular weight is 412 g/mol. The van der Waals surface area contributed by atoms with Gasteiger partial charge in [0.15, 0.2) is 5.43 Å². The Morgan fingerprint density at radius 3 is 2.63 bits per heavy atom. The number of aromatic amines is 1. The summed E-state index contributed by atoms with van der Waals surface area (Å²) in [4.78, 5) is 44.8. The third-order valence-corrected chi connectivity index (χ3v) is 6.19. The monoisotopic (exact) mass is 411 g/mol. The summed E-state index contributed by atoms with van der Waals surface area (Å²) in [6, 6.07) is 5.29. The van der Waals surface area contributed by atoms with E-state index in [-0.39, 0.29) is 17.4 Å². The number of hydrogen-bond donors (Lipinski definition) is 1. The van der Waals surface area contributed by atoms with E-state index >= 15 is 0 Å². The second-order valence-electron chi connectivity index (χ2n) is 8.29. The van der Waals surface area contributed by atoms with Gasteiger partial charge in [-0.3, -0.25) is 9.59 Å². The van der Waals surface area contributed by atoms with Crippen molar-refractivity contribution in [3.8, 4) is 0 Å². The Bertz CT molecular complexity index is 1020. The number of aromatic nitrogens is 1. The van der Waals surface area contributed by atoms with Gasteiger partial charge in [-0.05, 0) is 49.8 Å². The molecule has 1 aliphatic heterocycles. The van der Waals surface area contributed by atoms with Crippen LogP contribution >= 0.6 is 0 Å². The van der Waals surface area contributed by atoms with E-state index in [1.54, 1.807) is 28.0 Å². The Kier molecular flexibility index (Phi) is 5.79. The largest absolute Gasteiger partial charge is 0.449 e. The molecule has 1 fully saturated rings. The molecule has 2 aliphatic rings. The molecule has 7 heteroatoms. The second kappa shape index (κ2) is 8.50. The molecule has 1 saturated heterocycles.